The minimum atomic E-state index is -0.270. The van der Waals surface area contributed by atoms with Crippen molar-refractivity contribution in [2.24, 2.45) is 0 Å². The Balaban J connectivity index is 1.79. The first-order chi connectivity index (χ1) is 17.4. The highest BCUT2D eigenvalue weighted by Gasteiger charge is 2.33. The van der Waals surface area contributed by atoms with Crippen LogP contribution in [0.1, 0.15) is 43.4 Å². The molecule has 0 atom stereocenters. The lowest BCUT2D eigenvalue weighted by molar-refractivity contribution is -0.122. The van der Waals surface area contributed by atoms with E-state index in [1.54, 1.807) is 16.4 Å². The summed E-state index contributed by atoms with van der Waals surface area (Å²) < 4.78 is 2.27. The first-order valence-corrected chi connectivity index (χ1v) is 13.6. The number of thioether (sulfide) groups is 1. The fourth-order valence-electron chi connectivity index (χ4n) is 4.78. The molecule has 0 N–H and O–H groups in total. The van der Waals surface area contributed by atoms with Gasteiger partial charge in [0.15, 0.2) is 0 Å². The average molecular weight is 522 g/mol. The molecule has 0 bridgehead atoms. The highest BCUT2D eigenvalue weighted by molar-refractivity contribution is 8.26. The Morgan fingerprint density at radius 2 is 1.67 bits per heavy atom. The number of nitrogens with zero attached hydrogens (tertiary/aromatic N) is 5. The molecule has 36 heavy (non-hydrogen) atoms. The highest BCUT2D eigenvalue weighted by atomic mass is 32.2. The third kappa shape index (κ3) is 4.93. The molecule has 188 valence electrons. The van der Waals surface area contributed by atoms with E-state index in [1.165, 1.54) is 17.4 Å². The molecule has 2 saturated heterocycles. The molecule has 1 amide bonds. The smallest absolute Gasteiger partial charge is 0.270 e. The molecule has 0 spiro atoms. The summed E-state index contributed by atoms with van der Waals surface area (Å²) in [5, 5.41) is 9.84. The van der Waals surface area contributed by atoms with Crippen molar-refractivity contribution in [2.45, 2.75) is 40.2 Å². The number of pyridine rings is 1. The average Bonchev–Trinajstić information content (AvgIpc) is 3.15. The van der Waals surface area contributed by atoms with E-state index in [1.807, 2.05) is 38.1 Å². The van der Waals surface area contributed by atoms with Crippen molar-refractivity contribution < 1.29 is 4.79 Å². The van der Waals surface area contributed by atoms with Crippen molar-refractivity contribution in [3.05, 3.63) is 62.3 Å². The molecular weight excluding hydrogens is 490 g/mol. The monoisotopic (exact) mass is 521 g/mol. The minimum Gasteiger partial charge on any atom is -0.368 e. The number of piperazine rings is 1. The van der Waals surface area contributed by atoms with Gasteiger partial charge in [-0.05, 0) is 43.5 Å². The minimum absolute atomic E-state index is 0.113. The number of carbonyl (C=O) groups is 1. The maximum Gasteiger partial charge on any atom is 0.270 e. The number of hydrogen-bond donors (Lipinski definition) is 0. The molecule has 1 aromatic heterocycles. The Kier molecular flexibility index (Phi) is 8.17. The molecule has 2 aliphatic heterocycles. The summed E-state index contributed by atoms with van der Waals surface area (Å²) in [6.07, 6.45) is 3.41. The standard InChI is InChI=1S/C27H31N5O2S2/c1-4-11-31-24(30-15-13-29(14-16-30)20-9-7-6-8-10-20)21(19(3)22(18-28)25(31)33)17-23-26(34)32(12-5-2)27(35)36-23/h6-10,17H,4-5,11-16H2,1-3H3/b23-17+. The number of thiocarbonyl (C=S) groups is 1. The van der Waals surface area contributed by atoms with Gasteiger partial charge in [-0.15, -0.1) is 0 Å². The van der Waals surface area contributed by atoms with Gasteiger partial charge in [0.25, 0.3) is 11.5 Å². The van der Waals surface area contributed by atoms with Gasteiger partial charge in [0, 0.05) is 50.5 Å². The number of amides is 1. The zero-order valence-electron chi connectivity index (χ0n) is 21.0. The predicted octanol–water partition coefficient (Wildman–Crippen LogP) is 4.38. The van der Waals surface area contributed by atoms with E-state index in [9.17, 15) is 14.9 Å². The first-order valence-electron chi connectivity index (χ1n) is 12.4. The third-order valence-electron chi connectivity index (χ3n) is 6.59. The quantitative estimate of drug-likeness (QED) is 0.396. The second kappa shape index (κ2) is 11.3. The van der Waals surface area contributed by atoms with Gasteiger partial charge < -0.3 is 9.80 Å². The third-order valence-corrected chi connectivity index (χ3v) is 7.97. The topological polar surface area (TPSA) is 72.6 Å². The van der Waals surface area contributed by atoms with Gasteiger partial charge in [0.05, 0.1) is 4.91 Å². The van der Waals surface area contributed by atoms with E-state index in [0.29, 0.717) is 27.9 Å². The van der Waals surface area contributed by atoms with Crippen molar-refractivity contribution in [1.82, 2.24) is 9.47 Å². The molecule has 0 unspecified atom stereocenters. The van der Waals surface area contributed by atoms with Crippen LogP contribution in [0.25, 0.3) is 6.08 Å². The number of carbonyl (C=O) groups excluding carboxylic acids is 1. The van der Waals surface area contributed by atoms with E-state index in [2.05, 4.69) is 28.0 Å². The lowest BCUT2D eigenvalue weighted by Gasteiger charge is -2.39. The summed E-state index contributed by atoms with van der Waals surface area (Å²) in [5.41, 5.74) is 2.40. The molecule has 3 heterocycles. The second-order valence-electron chi connectivity index (χ2n) is 8.95. The van der Waals surface area contributed by atoms with Crippen LogP contribution in [-0.4, -0.2) is 52.4 Å². The SMILES string of the molecule is CCCN1C(=O)/C(=C\c2c(C)c(C#N)c(=O)n(CCC)c2N2CCN(c3ccccc3)CC2)SC1=S. The van der Waals surface area contributed by atoms with Gasteiger partial charge in [0.1, 0.15) is 21.8 Å². The van der Waals surface area contributed by atoms with Gasteiger partial charge in [-0.2, -0.15) is 5.26 Å². The Morgan fingerprint density at radius 1 is 1.03 bits per heavy atom. The zero-order valence-corrected chi connectivity index (χ0v) is 22.6. The lowest BCUT2D eigenvalue weighted by atomic mass is 10.0. The second-order valence-corrected chi connectivity index (χ2v) is 10.6. The van der Waals surface area contributed by atoms with Crippen LogP contribution in [0.2, 0.25) is 0 Å². The molecule has 1 aromatic carbocycles. The summed E-state index contributed by atoms with van der Waals surface area (Å²) in [5.74, 6) is 0.671. The maximum atomic E-state index is 13.4. The molecule has 4 rings (SSSR count). The largest absolute Gasteiger partial charge is 0.368 e. The summed E-state index contributed by atoms with van der Waals surface area (Å²) in [6, 6.07) is 12.4. The Labute approximate surface area is 222 Å². The van der Waals surface area contributed by atoms with Crippen LogP contribution in [0, 0.1) is 18.3 Å². The fourth-order valence-corrected chi connectivity index (χ4v) is 6.07. The Bertz CT molecular complexity index is 1290. The normalized spacial score (nSPS) is 17.3. The van der Waals surface area contributed by atoms with Crippen molar-refractivity contribution in [3.8, 4) is 6.07 Å². The van der Waals surface area contributed by atoms with Gasteiger partial charge in [-0.1, -0.05) is 56.0 Å². The zero-order chi connectivity index (χ0) is 25.8. The molecule has 9 heteroatoms. The van der Waals surface area contributed by atoms with Crippen LogP contribution in [0.4, 0.5) is 11.5 Å². The Hall–Kier alpha value is -3.09. The van der Waals surface area contributed by atoms with Crippen LogP contribution in [-0.2, 0) is 11.3 Å². The maximum absolute atomic E-state index is 13.4. The van der Waals surface area contributed by atoms with Crippen molar-refractivity contribution >= 4 is 51.8 Å². The number of benzene rings is 1. The predicted molar refractivity (Wildman–Crippen MR) is 151 cm³/mol. The number of hydrogen-bond acceptors (Lipinski definition) is 7. The molecule has 7 nitrogen and oxygen atoms in total. The highest BCUT2D eigenvalue weighted by Crippen LogP contribution is 2.36. The van der Waals surface area contributed by atoms with Crippen molar-refractivity contribution in [1.29, 1.82) is 5.26 Å². The number of aromatic nitrogens is 1. The number of anilines is 2. The van der Waals surface area contributed by atoms with E-state index in [4.69, 9.17) is 12.2 Å². The summed E-state index contributed by atoms with van der Waals surface area (Å²) in [6.45, 7) is 9.97. The molecule has 2 aliphatic rings. The first kappa shape index (κ1) is 26.0. The van der Waals surface area contributed by atoms with Gasteiger partial charge >= 0.3 is 0 Å². The molecule has 0 radical (unpaired) electrons. The summed E-state index contributed by atoms with van der Waals surface area (Å²) >= 11 is 6.75. The van der Waals surface area contributed by atoms with Crippen LogP contribution >= 0.6 is 24.0 Å². The molecular formula is C27H31N5O2S2. The molecule has 0 aliphatic carbocycles. The van der Waals surface area contributed by atoms with Crippen LogP contribution in [0.3, 0.4) is 0 Å². The van der Waals surface area contributed by atoms with Crippen molar-refractivity contribution in [2.75, 3.05) is 42.5 Å². The van der Waals surface area contributed by atoms with E-state index in [0.717, 1.165) is 50.4 Å². The fraction of sp³-hybridized carbons (Fsp3) is 0.407. The van der Waals surface area contributed by atoms with Gasteiger partial charge in [-0.3, -0.25) is 19.1 Å². The van der Waals surface area contributed by atoms with Crippen LogP contribution in [0.5, 0.6) is 0 Å². The molecule has 2 fully saturated rings. The van der Waals surface area contributed by atoms with Gasteiger partial charge in [-0.25, -0.2) is 0 Å². The molecule has 2 aromatic rings. The van der Waals surface area contributed by atoms with Crippen molar-refractivity contribution in [3.63, 3.8) is 0 Å². The van der Waals surface area contributed by atoms with Crippen LogP contribution in [0.15, 0.2) is 40.0 Å². The van der Waals surface area contributed by atoms with E-state index in [-0.39, 0.29) is 17.0 Å². The lowest BCUT2D eigenvalue weighted by Crippen LogP contribution is -2.48. The molecule has 0 saturated carbocycles. The Morgan fingerprint density at radius 3 is 2.28 bits per heavy atom. The summed E-state index contributed by atoms with van der Waals surface area (Å²) in [7, 11) is 0. The van der Waals surface area contributed by atoms with Gasteiger partial charge in [0.2, 0.25) is 0 Å². The number of nitriles is 1. The van der Waals surface area contributed by atoms with E-state index >= 15 is 0 Å². The number of rotatable bonds is 7. The number of para-hydroxylation sites is 1. The van der Waals surface area contributed by atoms with E-state index < -0.39 is 0 Å². The van der Waals surface area contributed by atoms with Crippen LogP contribution < -0.4 is 15.4 Å². The summed E-state index contributed by atoms with van der Waals surface area (Å²) in [4.78, 5) is 33.3.